The number of anilines is 1. The van der Waals surface area contributed by atoms with Gasteiger partial charge in [-0.2, -0.15) is 0 Å². The fourth-order valence-corrected chi connectivity index (χ4v) is 2.32. The Morgan fingerprint density at radius 2 is 2.11 bits per heavy atom. The third-order valence-electron chi connectivity index (χ3n) is 2.93. The van der Waals surface area contributed by atoms with Crippen molar-refractivity contribution in [3.05, 3.63) is 51.6 Å². The fourth-order valence-electron chi connectivity index (χ4n) is 1.92. The van der Waals surface area contributed by atoms with Gasteiger partial charge in [0, 0.05) is 22.7 Å². The van der Waals surface area contributed by atoms with Crippen molar-refractivity contribution in [3.8, 4) is 5.75 Å². The molecule has 0 aliphatic carbocycles. The van der Waals surface area contributed by atoms with Crippen LogP contribution in [0, 0.1) is 6.92 Å². The van der Waals surface area contributed by atoms with E-state index in [0.29, 0.717) is 12.2 Å². The second-order valence-corrected chi connectivity index (χ2v) is 5.04. The minimum Gasteiger partial charge on any atom is -0.496 e. The largest absolute Gasteiger partial charge is 0.496 e. The van der Waals surface area contributed by atoms with Gasteiger partial charge in [-0.1, -0.05) is 15.9 Å². The lowest BCUT2D eigenvalue weighted by atomic mass is 10.0. The van der Waals surface area contributed by atoms with E-state index < -0.39 is 0 Å². The summed E-state index contributed by atoms with van der Waals surface area (Å²) in [5.74, 6) is 1.44. The van der Waals surface area contributed by atoms with Gasteiger partial charge in [-0.15, -0.1) is 0 Å². The van der Waals surface area contributed by atoms with E-state index in [1.165, 1.54) is 0 Å². The Bertz CT molecular complexity index is 549. The quantitative estimate of drug-likeness (QED) is 0.946. The Hall–Kier alpha value is -1.55. The summed E-state index contributed by atoms with van der Waals surface area (Å²) in [5, 5.41) is 0. The van der Waals surface area contributed by atoms with Crippen molar-refractivity contribution in [2.45, 2.75) is 13.3 Å². The molecule has 3 nitrogen and oxygen atoms in total. The van der Waals surface area contributed by atoms with Crippen LogP contribution < -0.4 is 10.5 Å². The van der Waals surface area contributed by atoms with E-state index in [4.69, 9.17) is 10.5 Å². The van der Waals surface area contributed by atoms with Crippen LogP contribution in [0.4, 0.5) is 5.82 Å². The first-order valence-corrected chi connectivity index (χ1v) is 6.43. The van der Waals surface area contributed by atoms with Gasteiger partial charge in [-0.05, 0) is 42.3 Å². The highest BCUT2D eigenvalue weighted by Gasteiger charge is 2.09. The standard InChI is InChI=1S/C14H15BrN2O/c1-9-5-6-17-14(16)12(9)8-10-7-11(15)3-4-13(10)18-2/h3-7H,8H2,1-2H3,(H2,16,17). The van der Waals surface area contributed by atoms with Crippen LogP contribution in [0.2, 0.25) is 0 Å². The molecule has 2 N–H and O–H groups in total. The van der Waals surface area contributed by atoms with Gasteiger partial charge in [0.05, 0.1) is 7.11 Å². The maximum absolute atomic E-state index is 5.94. The molecule has 0 saturated carbocycles. The lowest BCUT2D eigenvalue weighted by Crippen LogP contribution is -2.02. The van der Waals surface area contributed by atoms with Crippen molar-refractivity contribution >= 4 is 21.7 Å². The van der Waals surface area contributed by atoms with Gasteiger partial charge >= 0.3 is 0 Å². The molecule has 0 fully saturated rings. The van der Waals surface area contributed by atoms with Crippen molar-refractivity contribution in [2.24, 2.45) is 0 Å². The van der Waals surface area contributed by atoms with E-state index in [1.807, 2.05) is 31.2 Å². The summed E-state index contributed by atoms with van der Waals surface area (Å²) in [6.45, 7) is 2.04. The number of pyridine rings is 1. The Morgan fingerprint density at radius 3 is 2.78 bits per heavy atom. The first-order chi connectivity index (χ1) is 8.61. The van der Waals surface area contributed by atoms with Gasteiger partial charge in [0.2, 0.25) is 0 Å². The monoisotopic (exact) mass is 306 g/mol. The highest BCUT2D eigenvalue weighted by atomic mass is 79.9. The van der Waals surface area contributed by atoms with Gasteiger partial charge in [0.15, 0.2) is 0 Å². The van der Waals surface area contributed by atoms with Crippen LogP contribution in [0.1, 0.15) is 16.7 Å². The minimum atomic E-state index is 0.581. The lowest BCUT2D eigenvalue weighted by molar-refractivity contribution is 0.410. The van der Waals surface area contributed by atoms with Crippen LogP contribution in [0.25, 0.3) is 0 Å². The second-order valence-electron chi connectivity index (χ2n) is 4.12. The van der Waals surface area contributed by atoms with Crippen LogP contribution in [0.15, 0.2) is 34.9 Å². The van der Waals surface area contributed by atoms with E-state index >= 15 is 0 Å². The molecule has 18 heavy (non-hydrogen) atoms. The van der Waals surface area contributed by atoms with Gasteiger partial charge in [-0.3, -0.25) is 0 Å². The summed E-state index contributed by atoms with van der Waals surface area (Å²) in [7, 11) is 1.67. The van der Waals surface area contributed by atoms with Gasteiger partial charge < -0.3 is 10.5 Å². The molecule has 0 aliphatic heterocycles. The summed E-state index contributed by atoms with van der Waals surface area (Å²) < 4.78 is 6.40. The molecule has 0 aliphatic rings. The van der Waals surface area contributed by atoms with Crippen molar-refractivity contribution in [1.29, 1.82) is 0 Å². The number of nitrogens with two attached hydrogens (primary N) is 1. The molecule has 4 heteroatoms. The maximum atomic E-state index is 5.94. The molecule has 1 aromatic heterocycles. The number of hydrogen-bond donors (Lipinski definition) is 1. The molecule has 1 heterocycles. The third kappa shape index (κ3) is 2.64. The smallest absolute Gasteiger partial charge is 0.127 e. The zero-order valence-electron chi connectivity index (χ0n) is 10.4. The number of hydrogen-bond acceptors (Lipinski definition) is 3. The molecule has 0 radical (unpaired) electrons. The Morgan fingerprint density at radius 1 is 1.33 bits per heavy atom. The van der Waals surface area contributed by atoms with Crippen LogP contribution >= 0.6 is 15.9 Å². The summed E-state index contributed by atoms with van der Waals surface area (Å²) in [5.41, 5.74) is 9.22. The number of rotatable bonds is 3. The Kier molecular flexibility index (Phi) is 3.87. The molecule has 0 saturated heterocycles. The van der Waals surface area contributed by atoms with Crippen LogP contribution in [-0.4, -0.2) is 12.1 Å². The summed E-state index contributed by atoms with van der Waals surface area (Å²) >= 11 is 3.47. The average molecular weight is 307 g/mol. The summed E-state index contributed by atoms with van der Waals surface area (Å²) in [6, 6.07) is 7.92. The SMILES string of the molecule is COc1ccc(Br)cc1Cc1c(C)ccnc1N. The molecule has 1 aromatic carbocycles. The molecule has 0 bridgehead atoms. The number of halogens is 1. The lowest BCUT2D eigenvalue weighted by Gasteiger charge is -2.12. The predicted octanol–water partition coefficient (Wildman–Crippen LogP) is 3.33. The second kappa shape index (κ2) is 5.40. The van der Waals surface area contributed by atoms with E-state index in [-0.39, 0.29) is 0 Å². The van der Waals surface area contributed by atoms with Crippen molar-refractivity contribution in [1.82, 2.24) is 4.98 Å². The predicted molar refractivity (Wildman–Crippen MR) is 76.9 cm³/mol. The van der Waals surface area contributed by atoms with Crippen molar-refractivity contribution in [2.75, 3.05) is 12.8 Å². The normalized spacial score (nSPS) is 10.4. The fraction of sp³-hybridized carbons (Fsp3) is 0.214. The van der Waals surface area contributed by atoms with Crippen molar-refractivity contribution in [3.63, 3.8) is 0 Å². The first kappa shape index (κ1) is 12.9. The highest BCUT2D eigenvalue weighted by molar-refractivity contribution is 9.10. The number of nitrogen functional groups attached to an aromatic ring is 1. The number of methoxy groups -OCH3 is 1. The van der Waals surface area contributed by atoms with Crippen molar-refractivity contribution < 1.29 is 4.74 Å². The molecule has 94 valence electrons. The van der Waals surface area contributed by atoms with Gasteiger partial charge in [0.1, 0.15) is 11.6 Å². The number of aromatic nitrogens is 1. The number of aryl methyl sites for hydroxylation is 1. The van der Waals surface area contributed by atoms with E-state index in [1.54, 1.807) is 13.3 Å². The number of benzene rings is 1. The highest BCUT2D eigenvalue weighted by Crippen LogP contribution is 2.27. The molecule has 2 rings (SSSR count). The minimum absolute atomic E-state index is 0.581. The molecular formula is C14H15BrN2O. The zero-order valence-corrected chi connectivity index (χ0v) is 12.0. The Labute approximate surface area is 115 Å². The average Bonchev–Trinajstić information content (AvgIpc) is 2.34. The van der Waals surface area contributed by atoms with Gasteiger partial charge in [-0.25, -0.2) is 4.98 Å². The van der Waals surface area contributed by atoms with Crippen LogP contribution in [0.3, 0.4) is 0 Å². The maximum Gasteiger partial charge on any atom is 0.127 e. The molecule has 2 aromatic rings. The van der Waals surface area contributed by atoms with E-state index in [2.05, 4.69) is 20.9 Å². The summed E-state index contributed by atoms with van der Waals surface area (Å²) in [6.07, 6.45) is 2.44. The van der Waals surface area contributed by atoms with E-state index in [0.717, 1.165) is 26.9 Å². The van der Waals surface area contributed by atoms with Crippen LogP contribution in [0.5, 0.6) is 5.75 Å². The molecule has 0 spiro atoms. The third-order valence-corrected chi connectivity index (χ3v) is 3.43. The topological polar surface area (TPSA) is 48.1 Å². The molecular weight excluding hydrogens is 292 g/mol. The molecule has 0 unspecified atom stereocenters. The van der Waals surface area contributed by atoms with Gasteiger partial charge in [0.25, 0.3) is 0 Å². The number of ether oxygens (including phenoxy) is 1. The first-order valence-electron chi connectivity index (χ1n) is 5.64. The molecule has 0 amide bonds. The zero-order chi connectivity index (χ0) is 13.1. The van der Waals surface area contributed by atoms with Crippen LogP contribution in [-0.2, 0) is 6.42 Å². The molecule has 0 atom stereocenters. The van der Waals surface area contributed by atoms with E-state index in [9.17, 15) is 0 Å². The summed E-state index contributed by atoms with van der Waals surface area (Å²) in [4.78, 5) is 4.14. The Balaban J connectivity index is 2.42. The number of nitrogens with zero attached hydrogens (tertiary/aromatic N) is 1.